The van der Waals surface area contributed by atoms with Crippen molar-refractivity contribution in [2.75, 3.05) is 0 Å². The zero-order valence-electron chi connectivity index (χ0n) is 14.7. The first-order valence-electron chi connectivity index (χ1n) is 7.78. The van der Waals surface area contributed by atoms with E-state index in [-0.39, 0.29) is 11.0 Å². The number of rotatable bonds is 7. The molecule has 1 aromatic heterocycles. The molecule has 0 atom stereocenters. The van der Waals surface area contributed by atoms with Crippen molar-refractivity contribution in [1.29, 1.82) is 0 Å². The van der Waals surface area contributed by atoms with Crippen LogP contribution >= 0.6 is 0 Å². The van der Waals surface area contributed by atoms with E-state index >= 15 is 0 Å². The van der Waals surface area contributed by atoms with Gasteiger partial charge in [0.1, 0.15) is 0 Å². The van der Waals surface area contributed by atoms with Gasteiger partial charge in [0.15, 0.2) is 0 Å². The van der Waals surface area contributed by atoms with Gasteiger partial charge in [0.05, 0.1) is 12.8 Å². The third-order valence-electron chi connectivity index (χ3n) is 3.34. The molecule has 0 unspecified atom stereocenters. The molecule has 26 heavy (non-hydrogen) atoms. The van der Waals surface area contributed by atoms with Gasteiger partial charge in [0, 0.05) is 19.5 Å². The third-order valence-corrected chi connectivity index (χ3v) is 3.34. The van der Waals surface area contributed by atoms with E-state index in [1.165, 1.54) is 0 Å². The number of carboxylic acids is 2. The predicted octanol–water partition coefficient (Wildman–Crippen LogP) is -0.802. The molecule has 0 bridgehead atoms. The summed E-state index contributed by atoms with van der Waals surface area (Å²) >= 11 is 0. The van der Waals surface area contributed by atoms with Crippen molar-refractivity contribution in [2.24, 2.45) is 5.41 Å². The van der Waals surface area contributed by atoms with Crippen molar-refractivity contribution < 1.29 is 24.6 Å². The van der Waals surface area contributed by atoms with E-state index in [9.17, 15) is 28.8 Å². The average Bonchev–Trinajstić information content (AvgIpc) is 2.44. The second-order valence-electron chi connectivity index (χ2n) is 6.91. The number of hydrogen-bond donors (Lipinski definition) is 2. The SMILES string of the molecule is CC(C)(C)CC(=O)n1c(=O)n(CCC(=O)O)c(=O)n(CCC(=O)O)c1=O. The van der Waals surface area contributed by atoms with E-state index in [2.05, 4.69) is 0 Å². The minimum atomic E-state index is -1.29. The van der Waals surface area contributed by atoms with Crippen molar-refractivity contribution >= 4 is 17.8 Å². The Kier molecular flexibility index (Phi) is 6.43. The Morgan fingerprint density at radius 1 is 0.808 bits per heavy atom. The van der Waals surface area contributed by atoms with Gasteiger partial charge in [0.25, 0.3) is 0 Å². The van der Waals surface area contributed by atoms with Crippen LogP contribution in [0.25, 0.3) is 0 Å². The highest BCUT2D eigenvalue weighted by molar-refractivity contribution is 5.78. The Morgan fingerprint density at radius 3 is 1.50 bits per heavy atom. The van der Waals surface area contributed by atoms with E-state index in [4.69, 9.17) is 10.2 Å². The molecule has 144 valence electrons. The summed E-state index contributed by atoms with van der Waals surface area (Å²) in [5.41, 5.74) is -4.18. The normalized spacial score (nSPS) is 11.3. The predicted molar refractivity (Wildman–Crippen MR) is 88.4 cm³/mol. The Morgan fingerprint density at radius 2 is 1.19 bits per heavy atom. The highest BCUT2D eigenvalue weighted by Gasteiger charge is 2.24. The third kappa shape index (κ3) is 5.26. The highest BCUT2D eigenvalue weighted by Crippen LogP contribution is 2.18. The van der Waals surface area contributed by atoms with Crippen LogP contribution in [0.2, 0.25) is 0 Å². The Balaban J connectivity index is 3.61. The molecule has 11 heteroatoms. The lowest BCUT2D eigenvalue weighted by Crippen LogP contribution is -2.56. The molecule has 0 spiro atoms. The number of nitrogens with zero attached hydrogens (tertiary/aromatic N) is 3. The van der Waals surface area contributed by atoms with Crippen molar-refractivity contribution in [3.8, 4) is 0 Å². The maximum atomic E-state index is 12.4. The lowest BCUT2D eigenvalue weighted by atomic mass is 9.92. The summed E-state index contributed by atoms with van der Waals surface area (Å²) in [7, 11) is 0. The summed E-state index contributed by atoms with van der Waals surface area (Å²) < 4.78 is 1.17. The van der Waals surface area contributed by atoms with Gasteiger partial charge in [-0.1, -0.05) is 20.8 Å². The van der Waals surface area contributed by atoms with Crippen LogP contribution in [0.3, 0.4) is 0 Å². The van der Waals surface area contributed by atoms with Gasteiger partial charge in [-0.15, -0.1) is 0 Å². The lowest BCUT2D eigenvalue weighted by Gasteiger charge is -2.18. The Bertz CT molecular complexity index is 841. The molecule has 0 aliphatic carbocycles. The number of aliphatic carboxylic acids is 2. The van der Waals surface area contributed by atoms with Gasteiger partial charge < -0.3 is 10.2 Å². The quantitative estimate of drug-likeness (QED) is 0.630. The molecule has 0 saturated heterocycles. The number of carbonyl (C=O) groups is 3. The lowest BCUT2D eigenvalue weighted by molar-refractivity contribution is -0.138. The smallest absolute Gasteiger partial charge is 0.343 e. The first kappa shape index (κ1) is 21.1. The van der Waals surface area contributed by atoms with Gasteiger partial charge in [0.2, 0.25) is 5.91 Å². The minimum absolute atomic E-state index is 0.182. The molecule has 1 aromatic rings. The average molecular weight is 371 g/mol. The van der Waals surface area contributed by atoms with E-state index in [1.54, 1.807) is 20.8 Å². The number of carboxylic acid groups (broad SMARTS) is 2. The zero-order chi connectivity index (χ0) is 20.2. The fourth-order valence-electron chi connectivity index (χ4n) is 2.18. The molecule has 0 fully saturated rings. The monoisotopic (exact) mass is 371 g/mol. The highest BCUT2D eigenvalue weighted by atomic mass is 16.4. The van der Waals surface area contributed by atoms with Gasteiger partial charge in [-0.2, -0.15) is 4.57 Å². The summed E-state index contributed by atoms with van der Waals surface area (Å²) in [5.74, 6) is -3.43. The van der Waals surface area contributed by atoms with E-state index in [0.717, 1.165) is 0 Å². The van der Waals surface area contributed by atoms with Gasteiger partial charge in [-0.05, 0) is 5.41 Å². The molecule has 0 saturated carbocycles. The first-order valence-corrected chi connectivity index (χ1v) is 7.78. The van der Waals surface area contributed by atoms with Crippen LogP contribution in [0, 0.1) is 5.41 Å². The van der Waals surface area contributed by atoms with Crippen LogP contribution in [0.1, 0.15) is 44.8 Å². The maximum absolute atomic E-state index is 12.4. The molecular formula is C15H21N3O8. The van der Waals surface area contributed by atoms with Crippen LogP contribution < -0.4 is 17.1 Å². The van der Waals surface area contributed by atoms with Crippen molar-refractivity contribution in [1.82, 2.24) is 13.7 Å². The van der Waals surface area contributed by atoms with Crippen LogP contribution in [-0.4, -0.2) is 41.8 Å². The van der Waals surface area contributed by atoms with Gasteiger partial charge in [-0.25, -0.2) is 23.5 Å². The molecule has 2 N–H and O–H groups in total. The van der Waals surface area contributed by atoms with E-state index in [1.807, 2.05) is 0 Å². The Hall–Kier alpha value is -2.98. The molecular weight excluding hydrogens is 350 g/mol. The van der Waals surface area contributed by atoms with Crippen molar-refractivity contribution in [3.05, 3.63) is 31.5 Å². The Labute approximate surface area is 147 Å². The van der Waals surface area contributed by atoms with Crippen LogP contribution in [0.4, 0.5) is 0 Å². The molecule has 0 amide bonds. The molecule has 0 aromatic carbocycles. The van der Waals surface area contributed by atoms with E-state index < -0.39 is 66.3 Å². The zero-order valence-corrected chi connectivity index (χ0v) is 14.7. The summed E-state index contributed by atoms with van der Waals surface area (Å²) in [4.78, 5) is 71.0. The summed E-state index contributed by atoms with van der Waals surface area (Å²) in [6.45, 7) is 4.02. The fraction of sp³-hybridized carbons (Fsp3) is 0.600. The van der Waals surface area contributed by atoms with Gasteiger partial charge in [-0.3, -0.25) is 14.4 Å². The van der Waals surface area contributed by atoms with Crippen molar-refractivity contribution in [2.45, 2.75) is 53.1 Å². The molecule has 11 nitrogen and oxygen atoms in total. The largest absolute Gasteiger partial charge is 0.481 e. The van der Waals surface area contributed by atoms with Crippen LogP contribution in [0.5, 0.6) is 0 Å². The summed E-state index contributed by atoms with van der Waals surface area (Å²) in [6.07, 6.45) is -1.35. The van der Waals surface area contributed by atoms with Crippen LogP contribution in [-0.2, 0) is 22.7 Å². The second kappa shape index (κ2) is 7.93. The molecule has 1 rings (SSSR count). The first-order chi connectivity index (χ1) is 11.8. The molecule has 0 radical (unpaired) electrons. The topological polar surface area (TPSA) is 158 Å². The second-order valence-corrected chi connectivity index (χ2v) is 6.91. The number of hydrogen-bond acceptors (Lipinski definition) is 6. The minimum Gasteiger partial charge on any atom is -0.481 e. The summed E-state index contributed by atoms with van der Waals surface area (Å²) in [5, 5.41) is 17.5. The van der Waals surface area contributed by atoms with Crippen molar-refractivity contribution in [3.63, 3.8) is 0 Å². The molecule has 0 aliphatic rings. The molecule has 1 heterocycles. The molecule has 0 aliphatic heterocycles. The van der Waals surface area contributed by atoms with Gasteiger partial charge >= 0.3 is 29.0 Å². The van der Waals surface area contributed by atoms with Crippen LogP contribution in [0.15, 0.2) is 14.4 Å². The summed E-state index contributed by atoms with van der Waals surface area (Å²) in [6, 6.07) is 0. The number of aromatic nitrogens is 3. The number of carbonyl (C=O) groups excluding carboxylic acids is 1. The fourth-order valence-corrected chi connectivity index (χ4v) is 2.18. The maximum Gasteiger partial charge on any atom is 0.343 e. The van der Waals surface area contributed by atoms with E-state index in [0.29, 0.717) is 9.13 Å². The standard InChI is InChI=1S/C15H21N3O8/c1-15(2,3)8-9(19)18-13(25)16(6-4-10(20)21)12(24)17(14(18)26)7-5-11(22)23/h4-8H2,1-3H3,(H,20,21)(H,22,23).